The molecular formula is C34H39F3N2O9S. The van der Waals surface area contributed by atoms with Gasteiger partial charge in [-0.2, -0.15) is 0 Å². The molecule has 1 N–H and O–H groups in total. The number of ether oxygens (including phenoxy) is 5. The van der Waals surface area contributed by atoms with E-state index >= 15 is 0 Å². The molecule has 2 unspecified atom stereocenters. The second-order valence-electron chi connectivity index (χ2n) is 12.6. The van der Waals surface area contributed by atoms with Gasteiger partial charge in [-0.3, -0.25) is 0 Å². The number of alkyl halides is 3. The van der Waals surface area contributed by atoms with Crippen molar-refractivity contribution in [3.63, 3.8) is 0 Å². The molecule has 15 heteroatoms. The molecule has 3 aliphatic rings. The Balaban J connectivity index is 1.10. The number of halogens is 3. The van der Waals surface area contributed by atoms with Crippen LogP contribution in [-0.4, -0.2) is 71.6 Å². The van der Waals surface area contributed by atoms with E-state index in [0.29, 0.717) is 37.4 Å². The molecule has 3 aromatic rings. The average Bonchev–Trinajstić information content (AvgIpc) is 3.79. The molecule has 266 valence electrons. The number of carbonyl (C=O) groups is 1. The van der Waals surface area contributed by atoms with Crippen molar-refractivity contribution in [1.82, 2.24) is 9.88 Å². The topological polar surface area (TPSA) is 135 Å². The summed E-state index contributed by atoms with van der Waals surface area (Å²) in [6.45, 7) is 0.942. The van der Waals surface area contributed by atoms with Crippen LogP contribution in [-0.2, 0) is 35.6 Å². The lowest BCUT2D eigenvalue weighted by Crippen LogP contribution is -2.46. The Morgan fingerprint density at radius 2 is 1.65 bits per heavy atom. The van der Waals surface area contributed by atoms with Crippen molar-refractivity contribution in [2.75, 3.05) is 33.5 Å². The fourth-order valence-electron chi connectivity index (χ4n) is 6.85. The molecular weight excluding hydrogens is 669 g/mol. The molecule has 3 saturated carbocycles. The summed E-state index contributed by atoms with van der Waals surface area (Å²) in [5.74, 6) is -0.411. The van der Waals surface area contributed by atoms with E-state index in [1.165, 1.54) is 30.3 Å². The van der Waals surface area contributed by atoms with Crippen LogP contribution in [0.15, 0.2) is 57.9 Å². The molecule has 0 spiro atoms. The van der Waals surface area contributed by atoms with Gasteiger partial charge in [0.05, 0.1) is 43.0 Å². The standard InChI is InChI=1S/C34H39F3N2O9S/c1-43-14-15-44-16-17-45-33(40)26-7-3-5-9-29(26)49(41,42)39-30-22-12-13-23(30)19-24(18-22)46-20-27-31(38-48-32(27)21-10-11-21)25-6-2-4-8-28(25)47-34(35,36)37/h2-9,21-24,30,39H,10-20H2,1H3. The maximum absolute atomic E-state index is 13.7. The lowest BCUT2D eigenvalue weighted by Gasteiger charge is -2.35. The molecule has 2 bridgehead atoms. The number of nitrogens with one attached hydrogen (secondary N) is 1. The summed E-state index contributed by atoms with van der Waals surface area (Å²) in [7, 11) is -2.53. The minimum absolute atomic E-state index is 0.00681. The molecule has 2 aromatic carbocycles. The van der Waals surface area contributed by atoms with Gasteiger partial charge in [0.25, 0.3) is 0 Å². The molecule has 0 amide bonds. The average molecular weight is 709 g/mol. The number of benzene rings is 2. The molecule has 1 aromatic heterocycles. The number of sulfonamides is 1. The second kappa shape index (κ2) is 15.2. The Labute approximate surface area is 282 Å². The summed E-state index contributed by atoms with van der Waals surface area (Å²) in [5.41, 5.74) is 0.948. The van der Waals surface area contributed by atoms with Gasteiger partial charge >= 0.3 is 12.3 Å². The van der Waals surface area contributed by atoms with Crippen LogP contribution in [0.3, 0.4) is 0 Å². The third-order valence-corrected chi connectivity index (χ3v) is 10.8. The summed E-state index contributed by atoms with van der Waals surface area (Å²) >= 11 is 0. The number of hydrogen-bond acceptors (Lipinski definition) is 10. The van der Waals surface area contributed by atoms with Gasteiger partial charge < -0.3 is 28.2 Å². The van der Waals surface area contributed by atoms with E-state index in [2.05, 4.69) is 14.6 Å². The molecule has 6 rings (SSSR count). The molecule has 3 fully saturated rings. The normalized spacial score (nSPS) is 22.3. The van der Waals surface area contributed by atoms with Gasteiger partial charge in [0.15, 0.2) is 0 Å². The number of esters is 1. The van der Waals surface area contributed by atoms with Gasteiger partial charge in [0.1, 0.15) is 23.8 Å². The molecule has 2 atom stereocenters. The molecule has 0 saturated heterocycles. The van der Waals surface area contributed by atoms with Crippen LogP contribution < -0.4 is 9.46 Å². The first kappa shape index (κ1) is 35.3. The van der Waals surface area contributed by atoms with Crippen LogP contribution >= 0.6 is 0 Å². The summed E-state index contributed by atoms with van der Waals surface area (Å²) in [5, 5.41) is 4.15. The number of para-hydroxylation sites is 1. The number of carbonyl (C=O) groups excluding carboxylic acids is 1. The van der Waals surface area contributed by atoms with Gasteiger partial charge in [0.2, 0.25) is 10.0 Å². The van der Waals surface area contributed by atoms with Crippen molar-refractivity contribution in [2.24, 2.45) is 11.8 Å². The van der Waals surface area contributed by atoms with Crippen molar-refractivity contribution in [2.45, 2.75) is 74.5 Å². The molecule has 11 nitrogen and oxygen atoms in total. The van der Waals surface area contributed by atoms with Gasteiger partial charge in [-0.1, -0.05) is 29.4 Å². The lowest BCUT2D eigenvalue weighted by atomic mass is 9.83. The summed E-state index contributed by atoms with van der Waals surface area (Å²) in [6, 6.07) is 11.4. The number of hydrogen-bond donors (Lipinski definition) is 1. The Hall–Kier alpha value is -3.50. The first-order valence-electron chi connectivity index (χ1n) is 16.3. The van der Waals surface area contributed by atoms with E-state index in [4.69, 9.17) is 23.5 Å². The quantitative estimate of drug-likeness (QED) is 0.140. The fraction of sp³-hybridized carbons (Fsp3) is 0.529. The SMILES string of the molecule is COCCOCCOC(=O)c1ccccc1S(=O)(=O)NC1C2CCC1CC(OCc1c(-c3ccccc3OC(F)(F)F)noc1C1CC1)C2. The summed E-state index contributed by atoms with van der Waals surface area (Å²) in [4.78, 5) is 12.7. The zero-order valence-corrected chi connectivity index (χ0v) is 27.8. The highest BCUT2D eigenvalue weighted by Crippen LogP contribution is 2.47. The van der Waals surface area contributed by atoms with E-state index < -0.39 is 22.4 Å². The van der Waals surface area contributed by atoms with Crippen LogP contribution in [0, 0.1) is 11.8 Å². The molecule has 1 heterocycles. The van der Waals surface area contributed by atoms with Gasteiger partial charge in [-0.25, -0.2) is 17.9 Å². The van der Waals surface area contributed by atoms with Crippen molar-refractivity contribution in [3.8, 4) is 17.0 Å². The minimum atomic E-state index is -4.87. The number of rotatable bonds is 16. The van der Waals surface area contributed by atoms with Crippen molar-refractivity contribution >= 4 is 16.0 Å². The van der Waals surface area contributed by atoms with Crippen molar-refractivity contribution in [3.05, 3.63) is 65.4 Å². The zero-order chi connectivity index (χ0) is 34.6. The smallest absolute Gasteiger partial charge is 0.460 e. The zero-order valence-electron chi connectivity index (χ0n) is 26.9. The highest BCUT2D eigenvalue weighted by molar-refractivity contribution is 7.89. The Morgan fingerprint density at radius 1 is 0.959 bits per heavy atom. The maximum Gasteiger partial charge on any atom is 0.573 e. The van der Waals surface area contributed by atoms with Crippen molar-refractivity contribution < 1.29 is 54.6 Å². The number of aromatic nitrogens is 1. The van der Waals surface area contributed by atoms with Crippen LogP contribution in [0.1, 0.15) is 66.1 Å². The van der Waals surface area contributed by atoms with Crippen LogP contribution in [0.2, 0.25) is 0 Å². The van der Waals surface area contributed by atoms with Crippen LogP contribution in [0.25, 0.3) is 11.3 Å². The third kappa shape index (κ3) is 8.63. The third-order valence-electron chi connectivity index (χ3n) is 9.23. The Kier molecular flexibility index (Phi) is 10.9. The largest absolute Gasteiger partial charge is 0.573 e. The van der Waals surface area contributed by atoms with E-state index in [-0.39, 0.29) is 77.2 Å². The molecule has 0 radical (unpaired) electrons. The Bertz CT molecular complexity index is 1700. The fourth-order valence-corrected chi connectivity index (χ4v) is 8.41. The van der Waals surface area contributed by atoms with E-state index in [0.717, 1.165) is 25.7 Å². The van der Waals surface area contributed by atoms with Crippen molar-refractivity contribution in [1.29, 1.82) is 0 Å². The van der Waals surface area contributed by atoms with Gasteiger partial charge in [-0.15, -0.1) is 13.2 Å². The summed E-state index contributed by atoms with van der Waals surface area (Å²) in [6.07, 6.45) is -0.517. The second-order valence-corrected chi connectivity index (χ2v) is 14.3. The predicted molar refractivity (Wildman–Crippen MR) is 168 cm³/mol. The molecule has 49 heavy (non-hydrogen) atoms. The number of nitrogens with zero attached hydrogens (tertiary/aromatic N) is 1. The number of methoxy groups -OCH3 is 1. The molecule has 0 aliphatic heterocycles. The first-order valence-corrected chi connectivity index (χ1v) is 17.8. The predicted octanol–water partition coefficient (Wildman–Crippen LogP) is 5.99. The van der Waals surface area contributed by atoms with E-state index in [9.17, 15) is 26.4 Å². The maximum atomic E-state index is 13.7. The summed E-state index contributed by atoms with van der Waals surface area (Å²) < 4.78 is 102. The monoisotopic (exact) mass is 708 g/mol. The minimum Gasteiger partial charge on any atom is -0.460 e. The van der Waals surface area contributed by atoms with E-state index in [1.54, 1.807) is 25.3 Å². The highest BCUT2D eigenvalue weighted by atomic mass is 32.2. The molecule has 3 aliphatic carbocycles. The Morgan fingerprint density at radius 3 is 2.37 bits per heavy atom. The lowest BCUT2D eigenvalue weighted by molar-refractivity contribution is -0.274. The first-order chi connectivity index (χ1) is 23.5. The number of fused-ring (bicyclic) bond motifs is 2. The van der Waals surface area contributed by atoms with Gasteiger partial charge in [0, 0.05) is 30.2 Å². The van der Waals surface area contributed by atoms with E-state index in [1.807, 2.05) is 0 Å². The van der Waals surface area contributed by atoms with Gasteiger partial charge in [-0.05, 0) is 74.6 Å². The highest BCUT2D eigenvalue weighted by Gasteiger charge is 2.45. The van der Waals surface area contributed by atoms with Crippen LogP contribution in [0.5, 0.6) is 5.75 Å². The van der Waals surface area contributed by atoms with Crippen LogP contribution in [0.4, 0.5) is 13.2 Å².